The summed E-state index contributed by atoms with van der Waals surface area (Å²) in [5.41, 5.74) is 0.554. The third-order valence-electron chi connectivity index (χ3n) is 1.58. The standard InChI is InChI=1S/C9H10O2S/c1-7(10)8-5-3-4-6-9(8)12(2)11/h3-6H,1-2H3. The lowest BCUT2D eigenvalue weighted by Crippen LogP contribution is -1.99. The van der Waals surface area contributed by atoms with Crippen LogP contribution >= 0.6 is 0 Å². The molecule has 0 aliphatic rings. The molecule has 0 saturated carbocycles. The van der Waals surface area contributed by atoms with Gasteiger partial charge in [0.25, 0.3) is 0 Å². The van der Waals surface area contributed by atoms with Crippen molar-refractivity contribution in [1.29, 1.82) is 0 Å². The maximum atomic E-state index is 11.1. The van der Waals surface area contributed by atoms with Gasteiger partial charge < -0.3 is 0 Å². The first-order valence-corrected chi connectivity index (χ1v) is 5.12. The van der Waals surface area contributed by atoms with Crippen LogP contribution in [0.2, 0.25) is 0 Å². The molecule has 0 N–H and O–H groups in total. The Morgan fingerprint density at radius 1 is 1.33 bits per heavy atom. The van der Waals surface area contributed by atoms with Crippen LogP contribution in [0.15, 0.2) is 29.2 Å². The number of Topliss-reactive ketones (excluding diaryl/α,β-unsaturated/α-hetero) is 1. The van der Waals surface area contributed by atoms with E-state index in [2.05, 4.69) is 0 Å². The minimum atomic E-state index is -1.08. The van der Waals surface area contributed by atoms with Crippen LogP contribution in [0.5, 0.6) is 0 Å². The first kappa shape index (κ1) is 9.13. The van der Waals surface area contributed by atoms with Gasteiger partial charge in [0.15, 0.2) is 5.78 Å². The van der Waals surface area contributed by atoms with Gasteiger partial charge in [-0.2, -0.15) is 0 Å². The van der Waals surface area contributed by atoms with Crippen molar-refractivity contribution in [1.82, 2.24) is 0 Å². The van der Waals surface area contributed by atoms with Gasteiger partial charge in [-0.05, 0) is 13.0 Å². The monoisotopic (exact) mass is 182 g/mol. The molecule has 1 rings (SSSR count). The number of benzene rings is 1. The van der Waals surface area contributed by atoms with Crippen LogP contribution in [0, 0.1) is 0 Å². The highest BCUT2D eigenvalue weighted by Gasteiger charge is 2.07. The molecule has 1 atom stereocenters. The molecular weight excluding hydrogens is 172 g/mol. The van der Waals surface area contributed by atoms with Gasteiger partial charge >= 0.3 is 0 Å². The fraction of sp³-hybridized carbons (Fsp3) is 0.222. The first-order valence-electron chi connectivity index (χ1n) is 3.56. The quantitative estimate of drug-likeness (QED) is 0.651. The highest BCUT2D eigenvalue weighted by atomic mass is 32.2. The predicted molar refractivity (Wildman–Crippen MR) is 48.8 cm³/mol. The molecule has 12 heavy (non-hydrogen) atoms. The molecule has 0 saturated heterocycles. The molecule has 1 aromatic carbocycles. The molecule has 0 heterocycles. The zero-order chi connectivity index (χ0) is 9.14. The van der Waals surface area contributed by atoms with Gasteiger partial charge in [0.1, 0.15) is 0 Å². The number of hydrogen-bond acceptors (Lipinski definition) is 2. The second kappa shape index (κ2) is 3.63. The Kier molecular flexibility index (Phi) is 2.76. The average molecular weight is 182 g/mol. The van der Waals surface area contributed by atoms with Crippen LogP contribution in [0.1, 0.15) is 17.3 Å². The van der Waals surface area contributed by atoms with E-state index in [-0.39, 0.29) is 5.78 Å². The number of carbonyl (C=O) groups is 1. The summed E-state index contributed by atoms with van der Waals surface area (Å²) in [5, 5.41) is 0. The van der Waals surface area contributed by atoms with E-state index in [4.69, 9.17) is 0 Å². The number of hydrogen-bond donors (Lipinski definition) is 0. The van der Waals surface area contributed by atoms with Gasteiger partial charge in [0.05, 0.1) is 10.8 Å². The van der Waals surface area contributed by atoms with E-state index in [1.807, 2.05) is 0 Å². The highest BCUT2D eigenvalue weighted by molar-refractivity contribution is 7.84. The van der Waals surface area contributed by atoms with Crippen molar-refractivity contribution in [3.05, 3.63) is 29.8 Å². The third-order valence-corrected chi connectivity index (χ3v) is 2.55. The van der Waals surface area contributed by atoms with Crippen molar-refractivity contribution in [3.8, 4) is 0 Å². The van der Waals surface area contributed by atoms with E-state index in [0.717, 1.165) is 0 Å². The van der Waals surface area contributed by atoms with E-state index in [9.17, 15) is 9.00 Å². The van der Waals surface area contributed by atoms with E-state index in [1.54, 1.807) is 30.5 Å². The molecule has 0 aliphatic heterocycles. The van der Waals surface area contributed by atoms with Crippen molar-refractivity contribution in [2.45, 2.75) is 11.8 Å². The summed E-state index contributed by atoms with van der Waals surface area (Å²) in [7, 11) is -1.08. The van der Waals surface area contributed by atoms with Gasteiger partial charge in [-0.1, -0.05) is 18.2 Å². The second-order valence-corrected chi connectivity index (χ2v) is 3.85. The molecule has 3 heteroatoms. The Morgan fingerprint density at radius 2 is 1.92 bits per heavy atom. The van der Waals surface area contributed by atoms with Gasteiger partial charge in [0.2, 0.25) is 0 Å². The summed E-state index contributed by atoms with van der Waals surface area (Å²) >= 11 is 0. The van der Waals surface area contributed by atoms with Crippen molar-refractivity contribution in [3.63, 3.8) is 0 Å². The minimum Gasteiger partial charge on any atom is -0.294 e. The molecular formula is C9H10O2S. The van der Waals surface area contributed by atoms with Gasteiger partial charge in [-0.15, -0.1) is 0 Å². The fourth-order valence-corrected chi connectivity index (χ4v) is 1.80. The number of ketones is 1. The zero-order valence-electron chi connectivity index (χ0n) is 7.03. The molecule has 2 nitrogen and oxygen atoms in total. The molecule has 0 fully saturated rings. The molecule has 0 aliphatic carbocycles. The third kappa shape index (κ3) is 1.80. The van der Waals surface area contributed by atoms with Gasteiger partial charge in [0, 0.05) is 16.7 Å². The highest BCUT2D eigenvalue weighted by Crippen LogP contribution is 2.12. The maximum absolute atomic E-state index is 11.1. The summed E-state index contributed by atoms with van der Waals surface area (Å²) in [5.74, 6) is -0.0409. The Hall–Kier alpha value is -0.960. The summed E-state index contributed by atoms with van der Waals surface area (Å²) in [6, 6.07) is 6.96. The number of rotatable bonds is 2. The van der Waals surface area contributed by atoms with Crippen LogP contribution in [0.25, 0.3) is 0 Å². The lowest BCUT2D eigenvalue weighted by Gasteiger charge is -2.01. The minimum absolute atomic E-state index is 0.0409. The van der Waals surface area contributed by atoms with E-state index in [0.29, 0.717) is 10.5 Å². The smallest absolute Gasteiger partial charge is 0.161 e. The number of carbonyl (C=O) groups excluding carboxylic acids is 1. The van der Waals surface area contributed by atoms with E-state index in [1.165, 1.54) is 6.92 Å². The predicted octanol–water partition coefficient (Wildman–Crippen LogP) is 1.63. The molecule has 0 radical (unpaired) electrons. The van der Waals surface area contributed by atoms with Crippen LogP contribution in [-0.4, -0.2) is 16.2 Å². The van der Waals surface area contributed by atoms with Crippen LogP contribution in [0.4, 0.5) is 0 Å². The summed E-state index contributed by atoms with van der Waals surface area (Å²) in [6.07, 6.45) is 1.57. The topological polar surface area (TPSA) is 34.1 Å². The normalized spacial score (nSPS) is 12.5. The lowest BCUT2D eigenvalue weighted by molar-refractivity contribution is 0.101. The van der Waals surface area contributed by atoms with Gasteiger partial charge in [-0.3, -0.25) is 9.00 Å². The Morgan fingerprint density at radius 3 is 2.33 bits per heavy atom. The summed E-state index contributed by atoms with van der Waals surface area (Å²) in [4.78, 5) is 11.7. The molecule has 0 bridgehead atoms. The molecule has 1 unspecified atom stereocenters. The van der Waals surface area contributed by atoms with Crippen molar-refractivity contribution in [2.75, 3.05) is 6.26 Å². The molecule has 64 valence electrons. The maximum Gasteiger partial charge on any atom is 0.161 e. The molecule has 1 aromatic rings. The summed E-state index contributed by atoms with van der Waals surface area (Å²) in [6.45, 7) is 1.48. The second-order valence-electron chi connectivity index (χ2n) is 2.51. The van der Waals surface area contributed by atoms with E-state index >= 15 is 0 Å². The SMILES string of the molecule is CC(=O)c1ccccc1S(C)=O. The summed E-state index contributed by atoms with van der Waals surface area (Å²) < 4.78 is 11.1. The van der Waals surface area contributed by atoms with Crippen LogP contribution in [-0.2, 0) is 10.8 Å². The Balaban J connectivity index is 3.27. The van der Waals surface area contributed by atoms with Crippen LogP contribution < -0.4 is 0 Å². The largest absolute Gasteiger partial charge is 0.294 e. The first-order chi connectivity index (χ1) is 5.63. The Labute approximate surface area is 74.1 Å². The molecule has 0 amide bonds. The van der Waals surface area contributed by atoms with Crippen molar-refractivity contribution >= 4 is 16.6 Å². The van der Waals surface area contributed by atoms with Crippen molar-refractivity contribution < 1.29 is 9.00 Å². The zero-order valence-corrected chi connectivity index (χ0v) is 7.85. The van der Waals surface area contributed by atoms with Crippen LogP contribution in [0.3, 0.4) is 0 Å². The van der Waals surface area contributed by atoms with E-state index < -0.39 is 10.8 Å². The molecule has 0 aromatic heterocycles. The Bertz CT molecular complexity index is 298. The molecule has 0 spiro atoms. The van der Waals surface area contributed by atoms with Gasteiger partial charge in [-0.25, -0.2) is 0 Å². The fourth-order valence-electron chi connectivity index (χ4n) is 1.01. The van der Waals surface area contributed by atoms with Crippen molar-refractivity contribution in [2.24, 2.45) is 0 Å². The lowest BCUT2D eigenvalue weighted by atomic mass is 10.1. The average Bonchev–Trinajstić information content (AvgIpc) is 2.04.